The van der Waals surface area contributed by atoms with Crippen LogP contribution in [0.15, 0.2) is 0 Å². The fourth-order valence-corrected chi connectivity index (χ4v) is 3.61. The van der Waals surface area contributed by atoms with Crippen LogP contribution in [-0.4, -0.2) is 55.5 Å². The Morgan fingerprint density at radius 1 is 1.37 bits per heavy atom. The van der Waals surface area contributed by atoms with E-state index in [2.05, 4.69) is 18.9 Å². The summed E-state index contributed by atoms with van der Waals surface area (Å²) in [6.07, 6.45) is 5.44. The van der Waals surface area contributed by atoms with Crippen molar-refractivity contribution in [1.29, 1.82) is 0 Å². The average molecular weight is 267 g/mol. The molecule has 0 bridgehead atoms. The van der Waals surface area contributed by atoms with Gasteiger partial charge < -0.3 is 15.5 Å². The lowest BCUT2D eigenvalue weighted by molar-refractivity contribution is -0.141. The highest BCUT2D eigenvalue weighted by molar-refractivity contribution is 5.83. The number of nitrogens with two attached hydrogens (primary N) is 1. The molecule has 4 nitrogen and oxygen atoms in total. The Bertz CT molecular complexity index is 325. The zero-order chi connectivity index (χ0) is 14.0. The average Bonchev–Trinajstić information content (AvgIpc) is 2.72. The molecule has 1 heterocycles. The van der Waals surface area contributed by atoms with Crippen molar-refractivity contribution >= 4 is 5.91 Å². The molecule has 1 aliphatic carbocycles. The summed E-state index contributed by atoms with van der Waals surface area (Å²) >= 11 is 0. The number of hydrogen-bond donors (Lipinski definition) is 1. The number of likely N-dealkylation sites (tertiary alicyclic amines) is 1. The number of rotatable bonds is 3. The van der Waals surface area contributed by atoms with Crippen molar-refractivity contribution < 1.29 is 4.79 Å². The fraction of sp³-hybridized carbons (Fsp3) is 0.933. The summed E-state index contributed by atoms with van der Waals surface area (Å²) < 4.78 is 0. The molecule has 0 aromatic rings. The second-order valence-corrected chi connectivity index (χ2v) is 6.85. The van der Waals surface area contributed by atoms with Crippen LogP contribution in [0.5, 0.6) is 0 Å². The lowest BCUT2D eigenvalue weighted by atomic mass is 9.83. The van der Waals surface area contributed by atoms with Crippen LogP contribution in [0.4, 0.5) is 0 Å². The van der Waals surface area contributed by atoms with Crippen molar-refractivity contribution in [3.8, 4) is 0 Å². The largest absolute Gasteiger partial charge is 0.345 e. The quantitative estimate of drug-likeness (QED) is 0.838. The Hall–Kier alpha value is -0.610. The van der Waals surface area contributed by atoms with Crippen LogP contribution < -0.4 is 5.73 Å². The van der Waals surface area contributed by atoms with Gasteiger partial charge in [-0.25, -0.2) is 0 Å². The minimum Gasteiger partial charge on any atom is -0.345 e. The molecule has 1 saturated heterocycles. The molecular formula is C15H29N3O. The van der Waals surface area contributed by atoms with E-state index in [0.717, 1.165) is 38.9 Å². The molecule has 2 fully saturated rings. The maximum atomic E-state index is 12.7. The van der Waals surface area contributed by atoms with E-state index in [-0.39, 0.29) is 17.4 Å². The van der Waals surface area contributed by atoms with Gasteiger partial charge in [-0.3, -0.25) is 4.79 Å². The zero-order valence-electron chi connectivity index (χ0n) is 12.7. The van der Waals surface area contributed by atoms with E-state index in [1.54, 1.807) is 0 Å². The number of hydrogen-bond acceptors (Lipinski definition) is 3. The van der Waals surface area contributed by atoms with Crippen LogP contribution in [0.2, 0.25) is 0 Å². The SMILES string of the molecule is CN1CCC(CN(C)C(=O)C2(C)CCCC2N)CC1. The van der Waals surface area contributed by atoms with E-state index in [1.165, 1.54) is 12.8 Å². The van der Waals surface area contributed by atoms with Crippen LogP contribution in [0.3, 0.4) is 0 Å². The van der Waals surface area contributed by atoms with Crippen molar-refractivity contribution in [3.05, 3.63) is 0 Å². The summed E-state index contributed by atoms with van der Waals surface area (Å²) in [6.45, 7) is 5.26. The Kier molecular flexibility index (Phi) is 4.51. The molecule has 1 aliphatic heterocycles. The first-order chi connectivity index (χ1) is 8.93. The van der Waals surface area contributed by atoms with Gasteiger partial charge in [-0.15, -0.1) is 0 Å². The topological polar surface area (TPSA) is 49.6 Å². The first-order valence-electron chi connectivity index (χ1n) is 7.63. The highest BCUT2D eigenvalue weighted by Crippen LogP contribution is 2.38. The molecule has 0 radical (unpaired) electrons. The maximum absolute atomic E-state index is 12.7. The first-order valence-corrected chi connectivity index (χ1v) is 7.63. The van der Waals surface area contributed by atoms with Gasteiger partial charge in [0.1, 0.15) is 0 Å². The molecule has 0 aromatic heterocycles. The smallest absolute Gasteiger partial charge is 0.229 e. The second-order valence-electron chi connectivity index (χ2n) is 6.85. The molecule has 2 atom stereocenters. The fourth-order valence-electron chi connectivity index (χ4n) is 3.61. The van der Waals surface area contributed by atoms with E-state index < -0.39 is 0 Å². The summed E-state index contributed by atoms with van der Waals surface area (Å²) in [5, 5.41) is 0. The van der Waals surface area contributed by atoms with Crippen LogP contribution in [0, 0.1) is 11.3 Å². The van der Waals surface area contributed by atoms with Crippen molar-refractivity contribution in [1.82, 2.24) is 9.80 Å². The number of carbonyl (C=O) groups excluding carboxylic acids is 1. The molecule has 0 aromatic carbocycles. The molecule has 19 heavy (non-hydrogen) atoms. The zero-order valence-corrected chi connectivity index (χ0v) is 12.7. The Labute approximate surface area is 117 Å². The van der Waals surface area contributed by atoms with Crippen molar-refractivity contribution in [2.75, 3.05) is 33.7 Å². The van der Waals surface area contributed by atoms with Gasteiger partial charge in [0.25, 0.3) is 0 Å². The third kappa shape index (κ3) is 3.11. The number of carbonyl (C=O) groups is 1. The number of amides is 1. The molecule has 110 valence electrons. The van der Waals surface area contributed by atoms with Gasteiger partial charge in [-0.05, 0) is 58.7 Å². The summed E-state index contributed by atoms with van der Waals surface area (Å²) in [5.74, 6) is 0.919. The number of piperidine rings is 1. The van der Waals surface area contributed by atoms with Crippen molar-refractivity contribution in [3.63, 3.8) is 0 Å². The summed E-state index contributed by atoms with van der Waals surface area (Å²) in [5.41, 5.74) is 5.83. The maximum Gasteiger partial charge on any atom is 0.229 e. The predicted molar refractivity (Wildman–Crippen MR) is 77.8 cm³/mol. The third-order valence-electron chi connectivity index (χ3n) is 5.24. The van der Waals surface area contributed by atoms with E-state index in [4.69, 9.17) is 5.73 Å². The normalized spacial score (nSPS) is 33.6. The molecule has 2 rings (SSSR count). The van der Waals surface area contributed by atoms with Crippen LogP contribution in [0.1, 0.15) is 39.0 Å². The van der Waals surface area contributed by atoms with E-state index in [9.17, 15) is 4.79 Å². The van der Waals surface area contributed by atoms with E-state index in [1.807, 2.05) is 11.9 Å². The Balaban J connectivity index is 1.89. The van der Waals surface area contributed by atoms with Crippen LogP contribution >= 0.6 is 0 Å². The summed E-state index contributed by atoms with van der Waals surface area (Å²) in [4.78, 5) is 17.0. The molecule has 2 N–H and O–H groups in total. The summed E-state index contributed by atoms with van der Waals surface area (Å²) in [6, 6.07) is 0.0416. The predicted octanol–water partition coefficient (Wildman–Crippen LogP) is 1.30. The highest BCUT2D eigenvalue weighted by atomic mass is 16.2. The minimum absolute atomic E-state index is 0.0416. The monoisotopic (exact) mass is 267 g/mol. The summed E-state index contributed by atoms with van der Waals surface area (Å²) in [7, 11) is 4.13. The highest BCUT2D eigenvalue weighted by Gasteiger charge is 2.44. The van der Waals surface area contributed by atoms with E-state index in [0.29, 0.717) is 5.92 Å². The molecule has 4 heteroatoms. The van der Waals surface area contributed by atoms with Gasteiger partial charge in [-0.1, -0.05) is 6.42 Å². The van der Waals surface area contributed by atoms with Crippen molar-refractivity contribution in [2.24, 2.45) is 17.1 Å². The van der Waals surface area contributed by atoms with Gasteiger partial charge in [-0.2, -0.15) is 0 Å². The van der Waals surface area contributed by atoms with Gasteiger partial charge >= 0.3 is 0 Å². The Morgan fingerprint density at radius 2 is 2.00 bits per heavy atom. The lowest BCUT2D eigenvalue weighted by Crippen LogP contribution is -2.49. The molecule has 0 spiro atoms. The lowest BCUT2D eigenvalue weighted by Gasteiger charge is -2.36. The molecule has 1 saturated carbocycles. The first kappa shape index (κ1) is 14.8. The van der Waals surface area contributed by atoms with Gasteiger partial charge in [0, 0.05) is 19.6 Å². The minimum atomic E-state index is -0.319. The molecule has 1 amide bonds. The third-order valence-corrected chi connectivity index (χ3v) is 5.24. The van der Waals surface area contributed by atoms with Gasteiger partial charge in [0.05, 0.1) is 5.41 Å². The van der Waals surface area contributed by atoms with Gasteiger partial charge in [0.2, 0.25) is 5.91 Å². The molecular weight excluding hydrogens is 238 g/mol. The van der Waals surface area contributed by atoms with Crippen LogP contribution in [-0.2, 0) is 4.79 Å². The standard InChI is InChI=1S/C15H29N3O/c1-15(8-4-5-13(15)16)14(19)18(3)11-12-6-9-17(2)10-7-12/h12-13H,4-11,16H2,1-3H3. The second kappa shape index (κ2) is 5.80. The van der Waals surface area contributed by atoms with E-state index >= 15 is 0 Å². The Morgan fingerprint density at radius 3 is 2.53 bits per heavy atom. The molecule has 2 aliphatic rings. The van der Waals surface area contributed by atoms with Crippen molar-refractivity contribution in [2.45, 2.75) is 45.1 Å². The van der Waals surface area contributed by atoms with Crippen LogP contribution in [0.25, 0.3) is 0 Å². The number of nitrogens with zero attached hydrogens (tertiary/aromatic N) is 2. The molecule has 2 unspecified atom stereocenters. The van der Waals surface area contributed by atoms with Gasteiger partial charge in [0.15, 0.2) is 0 Å².